The number of rotatable bonds is 3. The molecule has 19 heavy (non-hydrogen) atoms. The summed E-state index contributed by atoms with van der Waals surface area (Å²) in [6.45, 7) is 2.02. The third-order valence-electron chi connectivity index (χ3n) is 4.06. The van der Waals surface area contributed by atoms with Gasteiger partial charge in [-0.2, -0.15) is 0 Å². The van der Waals surface area contributed by atoms with Crippen LogP contribution >= 0.6 is 11.8 Å². The molecule has 1 aromatic rings. The molecule has 3 nitrogen and oxygen atoms in total. The molecule has 0 aromatic heterocycles. The number of aliphatic hydroxyl groups is 1. The average molecular weight is 279 g/mol. The maximum Gasteiger partial charge on any atom is 0.0815 e. The zero-order chi connectivity index (χ0) is 13.1. The number of fused-ring (bicyclic) bond motifs is 1. The van der Waals surface area contributed by atoms with E-state index in [-0.39, 0.29) is 0 Å². The summed E-state index contributed by atoms with van der Waals surface area (Å²) in [6.07, 6.45) is 2.61. The van der Waals surface area contributed by atoms with Crippen molar-refractivity contribution in [2.75, 3.05) is 25.5 Å². The second kappa shape index (κ2) is 5.83. The number of ether oxygens (including phenoxy) is 1. The monoisotopic (exact) mass is 279 g/mol. The van der Waals surface area contributed by atoms with Crippen molar-refractivity contribution in [2.24, 2.45) is 0 Å². The minimum Gasteiger partial charge on any atom is -0.388 e. The van der Waals surface area contributed by atoms with E-state index in [2.05, 4.69) is 29.6 Å². The van der Waals surface area contributed by atoms with Gasteiger partial charge in [-0.1, -0.05) is 18.2 Å². The number of hydrogen-bond donors (Lipinski definition) is 2. The number of nitrogens with one attached hydrogen (secondary N) is 1. The van der Waals surface area contributed by atoms with Gasteiger partial charge in [-0.3, -0.25) is 0 Å². The second-order valence-electron chi connectivity index (χ2n) is 5.45. The van der Waals surface area contributed by atoms with E-state index in [0.29, 0.717) is 25.8 Å². The summed E-state index contributed by atoms with van der Waals surface area (Å²) in [5, 5.41) is 14.1. The Balaban J connectivity index is 1.64. The third-order valence-corrected chi connectivity index (χ3v) is 5.18. The molecule has 0 bridgehead atoms. The molecule has 2 heterocycles. The lowest BCUT2D eigenvalue weighted by molar-refractivity contribution is -0.0629. The quantitative estimate of drug-likeness (QED) is 0.891. The molecule has 1 saturated heterocycles. The standard InChI is InChI=1S/C15H21NO2S/c17-15(6-8-18-9-7-15)11-16-13-5-10-19-14-4-2-1-3-12(13)14/h1-4,13,16-17H,5-11H2. The van der Waals surface area contributed by atoms with Crippen LogP contribution in [-0.4, -0.2) is 36.2 Å². The van der Waals surface area contributed by atoms with E-state index < -0.39 is 5.60 Å². The van der Waals surface area contributed by atoms with Gasteiger partial charge in [0.1, 0.15) is 0 Å². The van der Waals surface area contributed by atoms with E-state index in [1.807, 2.05) is 11.8 Å². The highest BCUT2D eigenvalue weighted by Gasteiger charge is 2.31. The van der Waals surface area contributed by atoms with Crippen molar-refractivity contribution in [1.82, 2.24) is 5.32 Å². The highest BCUT2D eigenvalue weighted by molar-refractivity contribution is 7.99. The van der Waals surface area contributed by atoms with Crippen LogP contribution in [0.25, 0.3) is 0 Å². The molecule has 1 fully saturated rings. The fourth-order valence-electron chi connectivity index (χ4n) is 2.80. The molecular weight excluding hydrogens is 258 g/mol. The Hall–Kier alpha value is -0.550. The fraction of sp³-hybridized carbons (Fsp3) is 0.600. The first-order valence-corrected chi connectivity index (χ1v) is 8.01. The van der Waals surface area contributed by atoms with Crippen LogP contribution in [0.3, 0.4) is 0 Å². The van der Waals surface area contributed by atoms with Crippen molar-refractivity contribution in [3.8, 4) is 0 Å². The Kier molecular flexibility index (Phi) is 4.12. The molecule has 1 aromatic carbocycles. The molecular formula is C15H21NO2S. The fourth-order valence-corrected chi connectivity index (χ4v) is 3.92. The van der Waals surface area contributed by atoms with Crippen molar-refractivity contribution in [1.29, 1.82) is 0 Å². The van der Waals surface area contributed by atoms with Gasteiger partial charge in [-0.05, 0) is 23.8 Å². The van der Waals surface area contributed by atoms with Crippen molar-refractivity contribution in [3.05, 3.63) is 29.8 Å². The van der Waals surface area contributed by atoms with Gasteiger partial charge in [-0.15, -0.1) is 11.8 Å². The Labute approximate surface area is 118 Å². The van der Waals surface area contributed by atoms with Gasteiger partial charge in [0, 0.05) is 43.5 Å². The van der Waals surface area contributed by atoms with Crippen LogP contribution in [0.2, 0.25) is 0 Å². The van der Waals surface area contributed by atoms with Crippen LogP contribution in [0.4, 0.5) is 0 Å². The van der Waals surface area contributed by atoms with Gasteiger partial charge in [0.05, 0.1) is 5.60 Å². The van der Waals surface area contributed by atoms with E-state index in [1.54, 1.807) is 0 Å². The number of benzene rings is 1. The van der Waals surface area contributed by atoms with Gasteiger partial charge in [0.25, 0.3) is 0 Å². The summed E-state index contributed by atoms with van der Waals surface area (Å²) in [5.74, 6) is 1.15. The summed E-state index contributed by atoms with van der Waals surface area (Å²) < 4.78 is 5.32. The Bertz CT molecular complexity index is 432. The van der Waals surface area contributed by atoms with Crippen molar-refractivity contribution < 1.29 is 9.84 Å². The second-order valence-corrected chi connectivity index (χ2v) is 6.58. The maximum absolute atomic E-state index is 10.5. The molecule has 4 heteroatoms. The normalized spacial score (nSPS) is 25.8. The lowest BCUT2D eigenvalue weighted by Gasteiger charge is -2.35. The summed E-state index contributed by atoms with van der Waals surface area (Å²) in [6, 6.07) is 8.97. The van der Waals surface area contributed by atoms with Crippen LogP contribution in [-0.2, 0) is 4.74 Å². The summed E-state index contributed by atoms with van der Waals surface area (Å²) >= 11 is 1.93. The largest absolute Gasteiger partial charge is 0.388 e. The van der Waals surface area contributed by atoms with Gasteiger partial charge in [0.2, 0.25) is 0 Å². The molecule has 1 atom stereocenters. The first-order chi connectivity index (χ1) is 9.27. The Morgan fingerprint density at radius 2 is 2.11 bits per heavy atom. The van der Waals surface area contributed by atoms with E-state index in [4.69, 9.17) is 4.74 Å². The molecule has 0 saturated carbocycles. The third kappa shape index (κ3) is 3.14. The highest BCUT2D eigenvalue weighted by Crippen LogP contribution is 2.36. The lowest BCUT2D eigenvalue weighted by Crippen LogP contribution is -2.46. The number of thioether (sulfide) groups is 1. The van der Waals surface area contributed by atoms with E-state index >= 15 is 0 Å². The smallest absolute Gasteiger partial charge is 0.0815 e. The minimum atomic E-state index is -0.586. The maximum atomic E-state index is 10.5. The molecule has 2 N–H and O–H groups in total. The summed E-state index contributed by atoms with van der Waals surface area (Å²) in [4.78, 5) is 1.38. The first kappa shape index (κ1) is 13.4. The lowest BCUT2D eigenvalue weighted by atomic mass is 9.93. The summed E-state index contributed by atoms with van der Waals surface area (Å²) in [5.41, 5.74) is 0.798. The first-order valence-electron chi connectivity index (χ1n) is 7.02. The average Bonchev–Trinajstić information content (AvgIpc) is 2.46. The predicted octanol–water partition coefficient (Wildman–Crippen LogP) is 2.35. The van der Waals surface area contributed by atoms with Crippen LogP contribution in [0.5, 0.6) is 0 Å². The molecule has 1 unspecified atom stereocenters. The van der Waals surface area contributed by atoms with Crippen molar-refractivity contribution in [2.45, 2.75) is 35.8 Å². The minimum absolute atomic E-state index is 0.379. The zero-order valence-electron chi connectivity index (χ0n) is 11.1. The van der Waals surface area contributed by atoms with E-state index in [0.717, 1.165) is 25.0 Å². The molecule has 0 radical (unpaired) electrons. The van der Waals surface area contributed by atoms with Crippen molar-refractivity contribution >= 4 is 11.8 Å². The topological polar surface area (TPSA) is 41.5 Å². The molecule has 3 rings (SSSR count). The number of hydrogen-bond acceptors (Lipinski definition) is 4. The van der Waals surface area contributed by atoms with Crippen LogP contribution in [0.15, 0.2) is 29.2 Å². The van der Waals surface area contributed by atoms with E-state index in [9.17, 15) is 5.11 Å². The van der Waals surface area contributed by atoms with Crippen LogP contribution in [0.1, 0.15) is 30.9 Å². The molecule has 104 valence electrons. The zero-order valence-corrected chi connectivity index (χ0v) is 11.9. The van der Waals surface area contributed by atoms with Crippen LogP contribution < -0.4 is 5.32 Å². The van der Waals surface area contributed by atoms with Gasteiger partial charge >= 0.3 is 0 Å². The summed E-state index contributed by atoms with van der Waals surface area (Å²) in [7, 11) is 0. The molecule has 0 amide bonds. The molecule has 0 aliphatic carbocycles. The molecule has 2 aliphatic heterocycles. The van der Waals surface area contributed by atoms with Gasteiger partial charge in [-0.25, -0.2) is 0 Å². The molecule has 0 spiro atoms. The Morgan fingerprint density at radius 3 is 2.95 bits per heavy atom. The predicted molar refractivity (Wildman–Crippen MR) is 77.5 cm³/mol. The molecule has 2 aliphatic rings. The van der Waals surface area contributed by atoms with Gasteiger partial charge in [0.15, 0.2) is 0 Å². The van der Waals surface area contributed by atoms with E-state index in [1.165, 1.54) is 10.5 Å². The highest BCUT2D eigenvalue weighted by atomic mass is 32.2. The van der Waals surface area contributed by atoms with Gasteiger partial charge < -0.3 is 15.2 Å². The van der Waals surface area contributed by atoms with Crippen molar-refractivity contribution in [3.63, 3.8) is 0 Å². The Morgan fingerprint density at radius 1 is 1.32 bits per heavy atom. The SMILES string of the molecule is OC1(CNC2CCSc3ccccc32)CCOCC1. The van der Waals surface area contributed by atoms with Crippen LogP contribution in [0, 0.1) is 0 Å².